The maximum Gasteiger partial charge on any atom is 0.426 e. The molecule has 0 bridgehead atoms. The van der Waals surface area contributed by atoms with Gasteiger partial charge in [-0.25, -0.2) is 14.8 Å². The highest BCUT2D eigenvalue weighted by molar-refractivity contribution is 5.67. The van der Waals surface area contributed by atoms with Gasteiger partial charge in [0.25, 0.3) is 0 Å². The van der Waals surface area contributed by atoms with Gasteiger partial charge in [-0.05, 0) is 44.8 Å². The van der Waals surface area contributed by atoms with Crippen LogP contribution in [0.4, 0.5) is 10.6 Å². The van der Waals surface area contributed by atoms with Gasteiger partial charge in [0.15, 0.2) is 5.82 Å². The number of nitriles is 1. The zero-order valence-electron chi connectivity index (χ0n) is 15.6. The molecule has 1 saturated heterocycles. The summed E-state index contributed by atoms with van der Waals surface area (Å²) in [6, 6.07) is 3.55. The lowest BCUT2D eigenvalue weighted by molar-refractivity contribution is 0.132. The molecule has 0 atom stereocenters. The minimum Gasteiger partial charge on any atom is -0.464 e. The van der Waals surface area contributed by atoms with E-state index in [9.17, 15) is 9.90 Å². The Morgan fingerprint density at radius 3 is 2.73 bits per heavy atom. The third-order valence-electron chi connectivity index (χ3n) is 4.35. The van der Waals surface area contributed by atoms with Gasteiger partial charge >= 0.3 is 6.09 Å². The molecule has 0 radical (unpaired) electrons. The van der Waals surface area contributed by atoms with Gasteiger partial charge in [0.2, 0.25) is 5.82 Å². The quantitative estimate of drug-likeness (QED) is 0.712. The highest BCUT2D eigenvalue weighted by Gasteiger charge is 2.24. The van der Waals surface area contributed by atoms with Crippen molar-refractivity contribution in [1.82, 2.24) is 19.9 Å². The Morgan fingerprint density at radius 2 is 2.12 bits per heavy atom. The van der Waals surface area contributed by atoms with Crippen molar-refractivity contribution in [2.75, 3.05) is 37.7 Å². The van der Waals surface area contributed by atoms with E-state index in [1.807, 2.05) is 19.9 Å². The van der Waals surface area contributed by atoms with Crippen molar-refractivity contribution in [3.63, 3.8) is 0 Å². The van der Waals surface area contributed by atoms with Crippen molar-refractivity contribution in [2.45, 2.75) is 39.5 Å². The smallest absolute Gasteiger partial charge is 0.426 e. The number of piperidine rings is 1. The monoisotopic (exact) mass is 360 g/mol. The third-order valence-corrected chi connectivity index (χ3v) is 4.35. The maximum atomic E-state index is 11.9. The van der Waals surface area contributed by atoms with Crippen LogP contribution in [0.25, 0.3) is 0 Å². The lowest BCUT2D eigenvalue weighted by Crippen LogP contribution is -2.49. The summed E-state index contributed by atoms with van der Waals surface area (Å²) in [5.41, 5.74) is 0. The predicted molar refractivity (Wildman–Crippen MR) is 98.6 cm³/mol. The standard InChI is InChI=1S/C18H28N6O2/c1-15(2)14-24(17-7-8-20-16(13-19)21-17)23(18(25)26)12-6-11-22-9-4-3-5-10-22/h7-8,15H,3-6,9-12,14H2,1-2H3,(H,25,26). The lowest BCUT2D eigenvalue weighted by atomic mass is 10.1. The number of nitrogens with zero attached hydrogens (tertiary/aromatic N) is 6. The van der Waals surface area contributed by atoms with Crippen LogP contribution in [0.1, 0.15) is 45.4 Å². The van der Waals surface area contributed by atoms with Gasteiger partial charge in [0.05, 0.1) is 0 Å². The molecule has 1 fully saturated rings. The van der Waals surface area contributed by atoms with Crippen LogP contribution < -0.4 is 5.01 Å². The highest BCUT2D eigenvalue weighted by atomic mass is 16.4. The van der Waals surface area contributed by atoms with E-state index in [4.69, 9.17) is 5.26 Å². The number of hydrogen-bond donors (Lipinski definition) is 1. The Bertz CT molecular complexity index is 624. The molecular formula is C18H28N6O2. The molecule has 8 nitrogen and oxygen atoms in total. The molecule has 2 rings (SSSR count). The summed E-state index contributed by atoms with van der Waals surface area (Å²) in [5.74, 6) is 0.708. The first-order valence-electron chi connectivity index (χ1n) is 9.24. The normalized spacial score (nSPS) is 14.8. The van der Waals surface area contributed by atoms with Crippen LogP contribution >= 0.6 is 0 Å². The van der Waals surface area contributed by atoms with Crippen LogP contribution in [0.3, 0.4) is 0 Å². The Labute approximate surface area is 155 Å². The van der Waals surface area contributed by atoms with Crippen LogP contribution in [-0.2, 0) is 0 Å². The van der Waals surface area contributed by atoms with E-state index in [-0.39, 0.29) is 11.7 Å². The Kier molecular flexibility index (Phi) is 7.60. The van der Waals surface area contributed by atoms with Crippen molar-refractivity contribution >= 4 is 11.9 Å². The summed E-state index contributed by atoms with van der Waals surface area (Å²) in [6.07, 6.45) is 4.97. The molecule has 142 valence electrons. The molecule has 1 aliphatic heterocycles. The molecule has 8 heteroatoms. The largest absolute Gasteiger partial charge is 0.464 e. The second-order valence-corrected chi connectivity index (χ2v) is 6.99. The molecular weight excluding hydrogens is 332 g/mol. The summed E-state index contributed by atoms with van der Waals surface area (Å²) in [5, 5.41) is 21.7. The van der Waals surface area contributed by atoms with Crippen molar-refractivity contribution in [2.24, 2.45) is 5.92 Å². The second kappa shape index (κ2) is 9.92. The Hall–Kier alpha value is -2.40. The molecule has 1 N–H and O–H groups in total. The number of hydrogen-bond acceptors (Lipinski definition) is 6. The summed E-state index contributed by atoms with van der Waals surface area (Å²) >= 11 is 0. The number of hydrazine groups is 1. The number of amides is 1. The second-order valence-electron chi connectivity index (χ2n) is 6.99. The minimum absolute atomic E-state index is 0.0370. The van der Waals surface area contributed by atoms with Gasteiger partial charge < -0.3 is 10.0 Å². The molecule has 1 aliphatic rings. The topological polar surface area (TPSA) is 96.6 Å². The van der Waals surface area contributed by atoms with E-state index in [2.05, 4.69) is 14.9 Å². The van der Waals surface area contributed by atoms with Crippen molar-refractivity contribution in [1.29, 1.82) is 5.26 Å². The number of rotatable bonds is 8. The van der Waals surface area contributed by atoms with E-state index in [1.165, 1.54) is 30.5 Å². The van der Waals surface area contributed by atoms with E-state index in [0.29, 0.717) is 18.9 Å². The maximum absolute atomic E-state index is 11.9. The lowest BCUT2D eigenvalue weighted by Gasteiger charge is -2.35. The van der Waals surface area contributed by atoms with Crippen LogP contribution in [0.2, 0.25) is 0 Å². The number of carbonyl (C=O) groups is 1. The van der Waals surface area contributed by atoms with Crippen LogP contribution in [0.5, 0.6) is 0 Å². The average Bonchev–Trinajstić information content (AvgIpc) is 2.64. The molecule has 1 aromatic rings. The van der Waals surface area contributed by atoms with Gasteiger partial charge in [0.1, 0.15) is 6.07 Å². The molecule has 2 heterocycles. The van der Waals surface area contributed by atoms with E-state index in [0.717, 1.165) is 26.1 Å². The molecule has 0 aliphatic carbocycles. The molecule has 0 spiro atoms. The number of anilines is 1. The zero-order chi connectivity index (χ0) is 18.9. The highest BCUT2D eigenvalue weighted by Crippen LogP contribution is 2.17. The van der Waals surface area contributed by atoms with E-state index < -0.39 is 6.09 Å². The molecule has 0 saturated carbocycles. The number of likely N-dealkylation sites (tertiary alicyclic amines) is 1. The molecule has 26 heavy (non-hydrogen) atoms. The van der Waals surface area contributed by atoms with Crippen molar-refractivity contribution in [3.8, 4) is 6.07 Å². The first kappa shape index (κ1) is 19.9. The first-order valence-corrected chi connectivity index (χ1v) is 9.24. The van der Waals surface area contributed by atoms with E-state index >= 15 is 0 Å². The third kappa shape index (κ3) is 5.85. The fourth-order valence-electron chi connectivity index (χ4n) is 3.16. The minimum atomic E-state index is -1.01. The number of aromatic nitrogens is 2. The van der Waals surface area contributed by atoms with Crippen LogP contribution in [-0.4, -0.2) is 63.8 Å². The summed E-state index contributed by atoms with van der Waals surface area (Å²) in [6.45, 7) is 8.02. The van der Waals surface area contributed by atoms with Crippen LogP contribution in [0.15, 0.2) is 12.3 Å². The molecule has 1 aromatic heterocycles. The zero-order valence-corrected chi connectivity index (χ0v) is 15.6. The van der Waals surface area contributed by atoms with Gasteiger partial charge in [0, 0.05) is 25.4 Å². The molecule has 0 aromatic carbocycles. The summed E-state index contributed by atoms with van der Waals surface area (Å²) in [4.78, 5) is 22.4. The van der Waals surface area contributed by atoms with Gasteiger partial charge in [-0.2, -0.15) is 10.2 Å². The average molecular weight is 360 g/mol. The fraction of sp³-hybridized carbons (Fsp3) is 0.667. The molecule has 1 amide bonds. The summed E-state index contributed by atoms with van der Waals surface area (Å²) < 4.78 is 0. The Balaban J connectivity index is 2.09. The first-order chi connectivity index (χ1) is 12.5. The predicted octanol–water partition coefficient (Wildman–Crippen LogP) is 2.58. The van der Waals surface area contributed by atoms with Crippen molar-refractivity contribution < 1.29 is 9.90 Å². The fourth-order valence-corrected chi connectivity index (χ4v) is 3.16. The van der Waals surface area contributed by atoms with Gasteiger partial charge in [-0.3, -0.25) is 5.01 Å². The molecule has 0 unspecified atom stereocenters. The number of carboxylic acid groups (broad SMARTS) is 1. The SMILES string of the molecule is CC(C)CN(c1ccnc(C#N)n1)N(CCCN1CCCCC1)C(=O)O. The van der Waals surface area contributed by atoms with Crippen LogP contribution in [0, 0.1) is 17.2 Å². The van der Waals surface area contributed by atoms with Crippen molar-refractivity contribution in [3.05, 3.63) is 18.1 Å². The Morgan fingerprint density at radius 1 is 1.38 bits per heavy atom. The summed E-state index contributed by atoms with van der Waals surface area (Å²) in [7, 11) is 0. The van der Waals surface area contributed by atoms with Gasteiger partial charge in [-0.1, -0.05) is 20.3 Å². The van der Waals surface area contributed by atoms with Gasteiger partial charge in [-0.15, -0.1) is 0 Å². The van der Waals surface area contributed by atoms with E-state index in [1.54, 1.807) is 11.1 Å².